The molecule has 2 aromatic rings. The van der Waals surface area contributed by atoms with E-state index in [1.165, 1.54) is 5.56 Å². The zero-order valence-electron chi connectivity index (χ0n) is 19.0. The maximum Gasteiger partial charge on any atom is 0.243 e. The number of hydrogen-bond acceptors (Lipinski definition) is 3. The minimum absolute atomic E-state index is 0.0362. The highest BCUT2D eigenvalue weighted by molar-refractivity contribution is 7.89. The first-order chi connectivity index (χ1) is 14.7. The van der Waals surface area contributed by atoms with E-state index in [9.17, 15) is 13.2 Å². The van der Waals surface area contributed by atoms with Crippen LogP contribution >= 0.6 is 0 Å². The summed E-state index contributed by atoms with van der Waals surface area (Å²) in [7, 11) is -3.55. The van der Waals surface area contributed by atoms with Crippen molar-refractivity contribution in [3.8, 4) is 0 Å². The summed E-state index contributed by atoms with van der Waals surface area (Å²) in [6.07, 6.45) is 2.06. The van der Waals surface area contributed by atoms with Crippen LogP contribution in [0.25, 0.3) is 0 Å². The topological polar surface area (TPSA) is 66.5 Å². The molecule has 1 saturated heterocycles. The average Bonchev–Trinajstić information content (AvgIpc) is 2.74. The fourth-order valence-corrected chi connectivity index (χ4v) is 6.53. The zero-order chi connectivity index (χ0) is 22.6. The molecule has 1 unspecified atom stereocenters. The van der Waals surface area contributed by atoms with Gasteiger partial charge in [0.2, 0.25) is 15.9 Å². The smallest absolute Gasteiger partial charge is 0.243 e. The number of nitrogens with one attached hydrogen (secondary N) is 1. The third-order valence-corrected chi connectivity index (χ3v) is 8.52. The van der Waals surface area contributed by atoms with Crippen LogP contribution in [0.5, 0.6) is 0 Å². The number of aryl methyl sites for hydroxylation is 3. The first-order valence-corrected chi connectivity index (χ1v) is 12.6. The lowest BCUT2D eigenvalue weighted by atomic mass is 9.94. The van der Waals surface area contributed by atoms with Gasteiger partial charge in [0.1, 0.15) is 0 Å². The number of amides is 1. The number of piperidine rings is 1. The minimum Gasteiger partial charge on any atom is -0.355 e. The molecule has 5 nitrogen and oxygen atoms in total. The Morgan fingerprint density at radius 1 is 1.06 bits per heavy atom. The van der Waals surface area contributed by atoms with Gasteiger partial charge in [0.15, 0.2) is 0 Å². The third-order valence-electron chi connectivity index (χ3n) is 6.31. The van der Waals surface area contributed by atoms with Gasteiger partial charge >= 0.3 is 0 Å². The molecular weight excluding hydrogens is 408 g/mol. The summed E-state index contributed by atoms with van der Waals surface area (Å²) in [6, 6.07) is 14.1. The monoisotopic (exact) mass is 442 g/mol. The molecule has 1 heterocycles. The predicted octanol–water partition coefficient (Wildman–Crippen LogP) is 4.32. The van der Waals surface area contributed by atoms with Crippen molar-refractivity contribution >= 4 is 15.9 Å². The van der Waals surface area contributed by atoms with Crippen LogP contribution in [0.15, 0.2) is 47.4 Å². The summed E-state index contributed by atoms with van der Waals surface area (Å²) in [5, 5.41) is 3.10. The van der Waals surface area contributed by atoms with E-state index < -0.39 is 10.0 Å². The average molecular weight is 443 g/mol. The summed E-state index contributed by atoms with van der Waals surface area (Å²) >= 11 is 0. The van der Waals surface area contributed by atoms with E-state index >= 15 is 0 Å². The second kappa shape index (κ2) is 9.96. The van der Waals surface area contributed by atoms with Crippen LogP contribution in [-0.4, -0.2) is 38.3 Å². The number of carbonyl (C=O) groups is 1. The van der Waals surface area contributed by atoms with E-state index in [0.29, 0.717) is 37.4 Å². The van der Waals surface area contributed by atoms with Gasteiger partial charge < -0.3 is 5.32 Å². The number of sulfonamides is 1. The van der Waals surface area contributed by atoms with Crippen LogP contribution in [0.3, 0.4) is 0 Å². The summed E-state index contributed by atoms with van der Waals surface area (Å²) in [6.45, 7) is 9.17. The summed E-state index contributed by atoms with van der Waals surface area (Å²) in [5.41, 5.74) is 3.85. The molecule has 1 N–H and O–H groups in total. The van der Waals surface area contributed by atoms with E-state index in [1.54, 1.807) is 4.31 Å². The van der Waals surface area contributed by atoms with Crippen molar-refractivity contribution in [3.63, 3.8) is 0 Å². The maximum absolute atomic E-state index is 13.3. The third kappa shape index (κ3) is 5.36. The zero-order valence-corrected chi connectivity index (χ0v) is 19.8. The van der Waals surface area contributed by atoms with Crippen LogP contribution < -0.4 is 5.32 Å². The largest absolute Gasteiger partial charge is 0.355 e. The molecule has 1 atom stereocenters. The molecule has 6 heteroatoms. The SMILES string of the molecule is CCC(CNC(=O)C1CCN(S(=O)(=O)c2c(C)cc(C)cc2C)CC1)c1ccccc1. The van der Waals surface area contributed by atoms with Crippen molar-refractivity contribution in [1.82, 2.24) is 9.62 Å². The van der Waals surface area contributed by atoms with Gasteiger partial charge in [-0.15, -0.1) is 0 Å². The Labute approximate surface area is 186 Å². The van der Waals surface area contributed by atoms with Gasteiger partial charge in [-0.1, -0.05) is 55.0 Å². The van der Waals surface area contributed by atoms with Crippen molar-refractivity contribution in [1.29, 1.82) is 0 Å². The molecule has 0 bridgehead atoms. The molecule has 1 aliphatic rings. The van der Waals surface area contributed by atoms with E-state index in [0.717, 1.165) is 23.1 Å². The molecular formula is C25H34N2O3S. The predicted molar refractivity (Wildman–Crippen MR) is 125 cm³/mol. The van der Waals surface area contributed by atoms with E-state index in [-0.39, 0.29) is 17.7 Å². The van der Waals surface area contributed by atoms with E-state index in [1.807, 2.05) is 51.1 Å². The highest BCUT2D eigenvalue weighted by Gasteiger charge is 2.33. The van der Waals surface area contributed by atoms with Crippen LogP contribution in [0.2, 0.25) is 0 Å². The Morgan fingerprint density at radius 3 is 2.19 bits per heavy atom. The summed E-state index contributed by atoms with van der Waals surface area (Å²) < 4.78 is 28.0. The molecule has 0 aliphatic carbocycles. The van der Waals surface area contributed by atoms with Gasteiger partial charge in [-0.2, -0.15) is 4.31 Å². The lowest BCUT2D eigenvalue weighted by Crippen LogP contribution is -2.43. The second-order valence-electron chi connectivity index (χ2n) is 8.67. The summed E-state index contributed by atoms with van der Waals surface area (Å²) in [5.74, 6) is 0.187. The molecule has 0 aromatic heterocycles. The van der Waals surface area contributed by atoms with Crippen molar-refractivity contribution in [2.45, 2.75) is 57.8 Å². The molecule has 2 aromatic carbocycles. The molecule has 0 radical (unpaired) electrons. The number of nitrogens with zero attached hydrogens (tertiary/aromatic N) is 1. The van der Waals surface area contributed by atoms with Crippen molar-refractivity contribution < 1.29 is 13.2 Å². The van der Waals surface area contributed by atoms with Crippen LogP contribution in [0.1, 0.15) is 54.4 Å². The Hall–Kier alpha value is -2.18. The number of carbonyl (C=O) groups excluding carboxylic acids is 1. The van der Waals surface area contributed by atoms with Gasteiger partial charge in [0, 0.05) is 31.5 Å². The van der Waals surface area contributed by atoms with Gasteiger partial charge in [-0.25, -0.2) is 8.42 Å². The van der Waals surface area contributed by atoms with Crippen molar-refractivity contribution in [3.05, 3.63) is 64.7 Å². The fourth-order valence-electron chi connectivity index (χ4n) is 4.65. The molecule has 1 amide bonds. The normalized spacial score (nSPS) is 16.8. The Balaban J connectivity index is 1.59. The minimum atomic E-state index is -3.55. The van der Waals surface area contributed by atoms with Crippen molar-refractivity contribution in [2.75, 3.05) is 19.6 Å². The van der Waals surface area contributed by atoms with E-state index in [2.05, 4.69) is 24.4 Å². The molecule has 0 spiro atoms. The fraction of sp³-hybridized carbons (Fsp3) is 0.480. The standard InChI is InChI=1S/C25H34N2O3S/c1-5-21(22-9-7-6-8-10-22)17-26-25(28)23-11-13-27(14-12-23)31(29,30)24-19(3)15-18(2)16-20(24)4/h6-10,15-16,21,23H,5,11-14,17H2,1-4H3,(H,26,28). The Kier molecular flexibility index (Phi) is 7.55. The second-order valence-corrected chi connectivity index (χ2v) is 10.5. The molecule has 1 aliphatic heterocycles. The highest BCUT2D eigenvalue weighted by atomic mass is 32.2. The van der Waals surface area contributed by atoms with Gasteiger partial charge in [-0.05, 0) is 56.7 Å². The molecule has 168 valence electrons. The maximum atomic E-state index is 13.3. The quantitative estimate of drug-likeness (QED) is 0.694. The van der Waals surface area contributed by atoms with E-state index in [4.69, 9.17) is 0 Å². The molecule has 0 saturated carbocycles. The number of rotatable bonds is 7. The summed E-state index contributed by atoms with van der Waals surface area (Å²) in [4.78, 5) is 13.2. The van der Waals surface area contributed by atoms with Crippen LogP contribution in [0.4, 0.5) is 0 Å². The lowest BCUT2D eigenvalue weighted by molar-refractivity contribution is -0.126. The lowest BCUT2D eigenvalue weighted by Gasteiger charge is -2.31. The molecule has 1 fully saturated rings. The Morgan fingerprint density at radius 2 is 1.65 bits per heavy atom. The van der Waals surface area contributed by atoms with Gasteiger partial charge in [-0.3, -0.25) is 4.79 Å². The first kappa shape index (κ1) is 23.5. The number of benzene rings is 2. The Bertz CT molecular complexity index is 987. The molecule has 31 heavy (non-hydrogen) atoms. The van der Waals surface area contributed by atoms with Crippen LogP contribution in [-0.2, 0) is 14.8 Å². The number of hydrogen-bond donors (Lipinski definition) is 1. The molecule has 3 rings (SSSR count). The highest BCUT2D eigenvalue weighted by Crippen LogP contribution is 2.29. The first-order valence-electron chi connectivity index (χ1n) is 11.1. The van der Waals surface area contributed by atoms with Gasteiger partial charge in [0.25, 0.3) is 0 Å². The van der Waals surface area contributed by atoms with Crippen LogP contribution in [0, 0.1) is 26.7 Å². The van der Waals surface area contributed by atoms with Crippen molar-refractivity contribution in [2.24, 2.45) is 5.92 Å². The van der Waals surface area contributed by atoms with Gasteiger partial charge in [0.05, 0.1) is 4.90 Å².